The molecule has 3 aromatic rings. The van der Waals surface area contributed by atoms with Crippen LogP contribution in [0.5, 0.6) is 0 Å². The van der Waals surface area contributed by atoms with Gasteiger partial charge in [0.1, 0.15) is 6.33 Å². The molecule has 1 aliphatic heterocycles. The van der Waals surface area contributed by atoms with Crippen LogP contribution < -0.4 is 0 Å². The summed E-state index contributed by atoms with van der Waals surface area (Å²) in [5, 5.41) is 12.9. The molecule has 1 aliphatic rings. The van der Waals surface area contributed by atoms with Crippen LogP contribution in [-0.2, 0) is 6.54 Å². The molecule has 0 bridgehead atoms. The number of likely N-dealkylation sites (tertiary alicyclic amines) is 1. The summed E-state index contributed by atoms with van der Waals surface area (Å²) in [7, 11) is 0. The first-order valence-corrected chi connectivity index (χ1v) is 9.49. The number of rotatable bonds is 4. The fourth-order valence-corrected chi connectivity index (χ4v) is 3.83. The second-order valence-corrected chi connectivity index (χ2v) is 6.86. The van der Waals surface area contributed by atoms with Crippen molar-refractivity contribution in [1.82, 2.24) is 29.4 Å². The largest absolute Gasteiger partial charge is 0.328 e. The lowest BCUT2D eigenvalue weighted by Gasteiger charge is -2.35. The van der Waals surface area contributed by atoms with E-state index in [-0.39, 0.29) is 11.9 Å². The van der Waals surface area contributed by atoms with E-state index in [2.05, 4.69) is 15.3 Å². The van der Waals surface area contributed by atoms with Gasteiger partial charge in [0.25, 0.3) is 5.91 Å². The number of carbonyl (C=O) groups excluding carboxylic acids is 1. The third kappa shape index (κ3) is 3.13. The van der Waals surface area contributed by atoms with Crippen LogP contribution in [0.3, 0.4) is 0 Å². The summed E-state index contributed by atoms with van der Waals surface area (Å²) in [6.07, 6.45) is 6.38. The summed E-state index contributed by atoms with van der Waals surface area (Å²) in [4.78, 5) is 15.3. The summed E-state index contributed by atoms with van der Waals surface area (Å²) < 4.78 is 3.84. The number of nitrogens with zero attached hydrogens (tertiary/aromatic N) is 6. The van der Waals surface area contributed by atoms with Gasteiger partial charge >= 0.3 is 0 Å². The molecule has 1 unspecified atom stereocenters. The number of hydrogen-bond acceptors (Lipinski definition) is 4. The minimum Gasteiger partial charge on any atom is -0.328 e. The molecule has 1 amide bonds. The van der Waals surface area contributed by atoms with E-state index in [1.807, 2.05) is 58.3 Å². The van der Waals surface area contributed by atoms with Gasteiger partial charge in [0, 0.05) is 24.5 Å². The van der Waals surface area contributed by atoms with Gasteiger partial charge in [-0.2, -0.15) is 5.10 Å². The van der Waals surface area contributed by atoms with E-state index in [1.54, 1.807) is 12.5 Å². The summed E-state index contributed by atoms with van der Waals surface area (Å²) >= 11 is 0. The van der Waals surface area contributed by atoms with Crippen molar-refractivity contribution < 1.29 is 4.79 Å². The molecular weight excluding hydrogens is 340 g/mol. The molecule has 0 aliphatic carbocycles. The number of benzene rings is 1. The number of hydrogen-bond donors (Lipinski definition) is 0. The van der Waals surface area contributed by atoms with Crippen molar-refractivity contribution in [1.29, 1.82) is 0 Å². The van der Waals surface area contributed by atoms with Crippen LogP contribution >= 0.6 is 0 Å². The predicted molar refractivity (Wildman–Crippen MR) is 102 cm³/mol. The molecule has 140 valence electrons. The lowest BCUT2D eigenvalue weighted by molar-refractivity contribution is 0.0596. The van der Waals surface area contributed by atoms with E-state index in [1.165, 1.54) is 0 Å². The van der Waals surface area contributed by atoms with Gasteiger partial charge in [-0.15, -0.1) is 10.2 Å². The van der Waals surface area contributed by atoms with E-state index < -0.39 is 0 Å². The maximum atomic E-state index is 13.3. The molecule has 2 aromatic heterocycles. The van der Waals surface area contributed by atoms with Gasteiger partial charge in [-0.3, -0.25) is 14.0 Å². The molecule has 7 heteroatoms. The Bertz CT molecular complexity index is 929. The van der Waals surface area contributed by atoms with Crippen LogP contribution in [0.2, 0.25) is 0 Å². The number of amides is 1. The van der Waals surface area contributed by atoms with Crippen LogP contribution in [0.25, 0.3) is 5.69 Å². The predicted octanol–water partition coefficient (Wildman–Crippen LogP) is 3.16. The Balaban J connectivity index is 1.69. The normalized spacial score (nSPS) is 17.3. The molecule has 0 saturated carbocycles. The first-order valence-electron chi connectivity index (χ1n) is 9.49. The number of aryl methyl sites for hydroxylation is 1. The number of para-hydroxylation sites is 1. The standard InChI is InChI=1S/C20H24N6O/c1-3-26-15(2)17(13-22-26)20(27)24-12-8-7-11-18(24)19-23-21-14-25(19)16-9-5-4-6-10-16/h4-6,9-10,13-14,18H,3,7-8,11-12H2,1-2H3. The van der Waals surface area contributed by atoms with Crippen molar-refractivity contribution in [2.24, 2.45) is 0 Å². The monoisotopic (exact) mass is 364 g/mol. The Morgan fingerprint density at radius 2 is 2.04 bits per heavy atom. The highest BCUT2D eigenvalue weighted by molar-refractivity contribution is 5.95. The topological polar surface area (TPSA) is 68.8 Å². The fraction of sp³-hybridized carbons (Fsp3) is 0.400. The van der Waals surface area contributed by atoms with Gasteiger partial charge in [0.05, 0.1) is 17.8 Å². The zero-order valence-corrected chi connectivity index (χ0v) is 15.7. The third-order valence-electron chi connectivity index (χ3n) is 5.30. The first-order chi connectivity index (χ1) is 13.2. The first kappa shape index (κ1) is 17.5. The average molecular weight is 364 g/mol. The molecular formula is C20H24N6O. The van der Waals surface area contributed by atoms with Gasteiger partial charge < -0.3 is 4.90 Å². The molecule has 1 fully saturated rings. The van der Waals surface area contributed by atoms with Gasteiger partial charge in [-0.05, 0) is 45.2 Å². The Morgan fingerprint density at radius 3 is 2.78 bits per heavy atom. The van der Waals surface area contributed by atoms with Crippen LogP contribution in [-0.4, -0.2) is 41.9 Å². The van der Waals surface area contributed by atoms with Gasteiger partial charge in [0.15, 0.2) is 5.82 Å². The van der Waals surface area contributed by atoms with Crippen LogP contribution in [0.4, 0.5) is 0 Å². The van der Waals surface area contributed by atoms with E-state index >= 15 is 0 Å². The van der Waals surface area contributed by atoms with E-state index in [4.69, 9.17) is 0 Å². The van der Waals surface area contributed by atoms with Crippen molar-refractivity contribution in [3.05, 3.63) is 59.9 Å². The minimum atomic E-state index is -0.0849. The second-order valence-electron chi connectivity index (χ2n) is 6.86. The molecule has 7 nitrogen and oxygen atoms in total. The molecule has 3 heterocycles. The third-order valence-corrected chi connectivity index (χ3v) is 5.30. The van der Waals surface area contributed by atoms with Crippen LogP contribution in [0.15, 0.2) is 42.9 Å². The SMILES string of the molecule is CCn1ncc(C(=O)N2CCCCC2c2nncn2-c2ccccc2)c1C. The highest BCUT2D eigenvalue weighted by atomic mass is 16.2. The van der Waals surface area contributed by atoms with Crippen molar-refractivity contribution in [2.45, 2.75) is 45.7 Å². The lowest BCUT2D eigenvalue weighted by Crippen LogP contribution is -2.39. The highest BCUT2D eigenvalue weighted by Gasteiger charge is 2.33. The maximum Gasteiger partial charge on any atom is 0.257 e. The molecule has 0 spiro atoms. The molecule has 27 heavy (non-hydrogen) atoms. The molecule has 1 saturated heterocycles. The van der Waals surface area contributed by atoms with Crippen molar-refractivity contribution in [2.75, 3.05) is 6.54 Å². The zero-order valence-electron chi connectivity index (χ0n) is 15.7. The summed E-state index contributed by atoms with van der Waals surface area (Å²) in [5.74, 6) is 0.842. The second kappa shape index (κ2) is 7.34. The van der Waals surface area contributed by atoms with Gasteiger partial charge in [0.2, 0.25) is 0 Å². The lowest BCUT2D eigenvalue weighted by atomic mass is 10.00. The van der Waals surface area contributed by atoms with E-state index in [9.17, 15) is 4.79 Å². The average Bonchev–Trinajstić information content (AvgIpc) is 3.35. The number of aromatic nitrogens is 5. The fourth-order valence-electron chi connectivity index (χ4n) is 3.83. The van der Waals surface area contributed by atoms with Crippen molar-refractivity contribution in [3.63, 3.8) is 0 Å². The summed E-state index contributed by atoms with van der Waals surface area (Å²) in [6.45, 7) is 5.46. The zero-order chi connectivity index (χ0) is 18.8. The molecule has 0 N–H and O–H groups in total. The van der Waals surface area contributed by atoms with Crippen LogP contribution in [0, 0.1) is 6.92 Å². The maximum absolute atomic E-state index is 13.3. The summed E-state index contributed by atoms with van der Waals surface area (Å²) in [6, 6.07) is 9.93. The molecule has 1 aromatic carbocycles. The number of piperidine rings is 1. The Hall–Kier alpha value is -2.96. The van der Waals surface area contributed by atoms with E-state index in [0.717, 1.165) is 49.6 Å². The Kier molecular flexibility index (Phi) is 4.75. The number of carbonyl (C=O) groups is 1. The van der Waals surface area contributed by atoms with Crippen LogP contribution in [0.1, 0.15) is 54.1 Å². The minimum absolute atomic E-state index is 0.0273. The Labute approximate surface area is 158 Å². The van der Waals surface area contributed by atoms with Gasteiger partial charge in [-0.25, -0.2) is 0 Å². The van der Waals surface area contributed by atoms with Crippen molar-refractivity contribution in [3.8, 4) is 5.69 Å². The molecule has 4 rings (SSSR count). The van der Waals surface area contributed by atoms with Crippen molar-refractivity contribution >= 4 is 5.91 Å². The van der Waals surface area contributed by atoms with Gasteiger partial charge in [-0.1, -0.05) is 18.2 Å². The smallest absolute Gasteiger partial charge is 0.257 e. The highest BCUT2D eigenvalue weighted by Crippen LogP contribution is 2.32. The summed E-state index contributed by atoms with van der Waals surface area (Å²) in [5.41, 5.74) is 2.59. The molecule has 0 radical (unpaired) electrons. The van der Waals surface area contributed by atoms with E-state index in [0.29, 0.717) is 5.56 Å². The Morgan fingerprint density at radius 1 is 1.22 bits per heavy atom. The molecule has 1 atom stereocenters. The quantitative estimate of drug-likeness (QED) is 0.713.